The molecule has 1 aliphatic heterocycles. The molecule has 1 unspecified atom stereocenters. The number of aliphatic hydroxyl groups is 1. The highest BCUT2D eigenvalue weighted by Gasteiger charge is 2.20. The van der Waals surface area contributed by atoms with Gasteiger partial charge < -0.3 is 10.4 Å². The van der Waals surface area contributed by atoms with Crippen molar-refractivity contribution in [3.8, 4) is 0 Å². The van der Waals surface area contributed by atoms with E-state index in [1.807, 2.05) is 6.07 Å². The van der Waals surface area contributed by atoms with Gasteiger partial charge in [0.05, 0.1) is 6.61 Å². The van der Waals surface area contributed by atoms with Gasteiger partial charge in [0.2, 0.25) is 0 Å². The van der Waals surface area contributed by atoms with Gasteiger partial charge in [-0.05, 0) is 31.9 Å². The number of nitrogens with zero attached hydrogens (tertiary/aromatic N) is 3. The van der Waals surface area contributed by atoms with Crippen molar-refractivity contribution in [3.05, 3.63) is 18.6 Å². The number of hydrogen-bond donors (Lipinski definition) is 2. The molecule has 2 heterocycles. The molecule has 1 atom stereocenters. The molecule has 0 bridgehead atoms. The second-order valence-corrected chi connectivity index (χ2v) is 4.74. The predicted molar refractivity (Wildman–Crippen MR) is 71.4 cm³/mol. The van der Waals surface area contributed by atoms with Gasteiger partial charge in [-0.25, -0.2) is 9.97 Å². The fraction of sp³-hybridized carbons (Fsp3) is 0.692. The van der Waals surface area contributed by atoms with Crippen LogP contribution in [0.25, 0.3) is 0 Å². The highest BCUT2D eigenvalue weighted by atomic mass is 16.3. The zero-order valence-corrected chi connectivity index (χ0v) is 10.8. The van der Waals surface area contributed by atoms with E-state index in [0.717, 1.165) is 38.3 Å². The van der Waals surface area contributed by atoms with Crippen molar-refractivity contribution in [1.82, 2.24) is 14.9 Å². The van der Waals surface area contributed by atoms with Crippen molar-refractivity contribution >= 4 is 5.82 Å². The lowest BCUT2D eigenvalue weighted by Gasteiger charge is -2.34. The molecule has 5 nitrogen and oxygen atoms in total. The van der Waals surface area contributed by atoms with Gasteiger partial charge in [-0.15, -0.1) is 0 Å². The number of nitrogens with one attached hydrogen (secondary N) is 1. The highest BCUT2D eigenvalue weighted by Crippen LogP contribution is 2.16. The van der Waals surface area contributed by atoms with Gasteiger partial charge in [-0.2, -0.15) is 0 Å². The van der Waals surface area contributed by atoms with Gasteiger partial charge in [0.25, 0.3) is 0 Å². The number of aromatic nitrogens is 2. The summed E-state index contributed by atoms with van der Waals surface area (Å²) in [7, 11) is 0. The van der Waals surface area contributed by atoms with E-state index in [4.69, 9.17) is 0 Å². The standard InChI is InChI=1S/C13H22N4O/c18-10-12-4-1-2-8-17(12)9-3-6-15-13-5-7-14-11-16-13/h5,7,11-12,18H,1-4,6,8-10H2,(H,14,15,16). The molecule has 1 aromatic rings. The zero-order chi connectivity index (χ0) is 12.6. The molecule has 18 heavy (non-hydrogen) atoms. The van der Waals surface area contributed by atoms with E-state index in [9.17, 15) is 5.11 Å². The predicted octanol–water partition coefficient (Wildman–Crippen LogP) is 1.13. The van der Waals surface area contributed by atoms with Gasteiger partial charge >= 0.3 is 0 Å². The van der Waals surface area contributed by atoms with Crippen molar-refractivity contribution in [2.45, 2.75) is 31.7 Å². The van der Waals surface area contributed by atoms with Crippen molar-refractivity contribution in [1.29, 1.82) is 0 Å². The summed E-state index contributed by atoms with van der Waals surface area (Å²) in [5, 5.41) is 12.6. The van der Waals surface area contributed by atoms with Gasteiger partial charge in [-0.3, -0.25) is 4.90 Å². The minimum Gasteiger partial charge on any atom is -0.395 e. The number of piperidine rings is 1. The third-order valence-electron chi connectivity index (χ3n) is 3.47. The Morgan fingerprint density at radius 1 is 1.44 bits per heavy atom. The number of likely N-dealkylation sites (tertiary alicyclic amines) is 1. The summed E-state index contributed by atoms with van der Waals surface area (Å²) in [5.74, 6) is 0.877. The monoisotopic (exact) mass is 250 g/mol. The van der Waals surface area contributed by atoms with E-state index in [0.29, 0.717) is 12.6 Å². The van der Waals surface area contributed by atoms with Gasteiger partial charge in [0.15, 0.2) is 0 Å². The minimum atomic E-state index is 0.291. The number of aliphatic hydroxyl groups excluding tert-OH is 1. The molecule has 0 aliphatic carbocycles. The molecular formula is C13H22N4O. The van der Waals surface area contributed by atoms with E-state index in [-0.39, 0.29) is 0 Å². The average Bonchev–Trinajstić information content (AvgIpc) is 2.45. The molecule has 1 saturated heterocycles. The Labute approximate surface area is 108 Å². The molecule has 0 radical (unpaired) electrons. The minimum absolute atomic E-state index is 0.291. The van der Waals surface area contributed by atoms with Crippen LogP contribution in [0.2, 0.25) is 0 Å². The van der Waals surface area contributed by atoms with Crippen LogP contribution in [-0.2, 0) is 0 Å². The van der Waals surface area contributed by atoms with E-state index < -0.39 is 0 Å². The van der Waals surface area contributed by atoms with Crippen LogP contribution in [0.1, 0.15) is 25.7 Å². The first-order chi connectivity index (χ1) is 8.90. The lowest BCUT2D eigenvalue weighted by atomic mass is 10.0. The van der Waals surface area contributed by atoms with Crippen LogP contribution >= 0.6 is 0 Å². The Morgan fingerprint density at radius 2 is 2.39 bits per heavy atom. The van der Waals surface area contributed by atoms with Crippen LogP contribution in [-0.4, -0.2) is 52.3 Å². The molecule has 1 aromatic heterocycles. The Hall–Kier alpha value is -1.20. The molecular weight excluding hydrogens is 228 g/mol. The highest BCUT2D eigenvalue weighted by molar-refractivity contribution is 5.31. The van der Waals surface area contributed by atoms with Crippen molar-refractivity contribution in [2.75, 3.05) is 31.6 Å². The van der Waals surface area contributed by atoms with E-state index in [1.54, 1.807) is 12.5 Å². The normalized spacial score (nSPS) is 20.8. The quantitative estimate of drug-likeness (QED) is 0.741. The Bertz CT molecular complexity index is 333. The topological polar surface area (TPSA) is 61.3 Å². The van der Waals surface area contributed by atoms with Crippen molar-refractivity contribution < 1.29 is 5.11 Å². The van der Waals surface area contributed by atoms with Crippen molar-refractivity contribution in [2.24, 2.45) is 0 Å². The van der Waals surface area contributed by atoms with Crippen LogP contribution in [0.4, 0.5) is 5.82 Å². The van der Waals surface area contributed by atoms with Gasteiger partial charge in [0, 0.05) is 25.3 Å². The molecule has 0 amide bonds. The van der Waals surface area contributed by atoms with Crippen LogP contribution < -0.4 is 5.32 Å². The average molecular weight is 250 g/mol. The number of hydrogen-bond acceptors (Lipinski definition) is 5. The lowest BCUT2D eigenvalue weighted by Crippen LogP contribution is -2.42. The third-order valence-corrected chi connectivity index (χ3v) is 3.47. The summed E-state index contributed by atoms with van der Waals surface area (Å²) in [5.41, 5.74) is 0. The first kappa shape index (κ1) is 13.2. The second-order valence-electron chi connectivity index (χ2n) is 4.74. The van der Waals surface area contributed by atoms with E-state index in [1.165, 1.54) is 12.8 Å². The molecule has 0 saturated carbocycles. The Morgan fingerprint density at radius 3 is 3.17 bits per heavy atom. The van der Waals surface area contributed by atoms with E-state index >= 15 is 0 Å². The molecule has 0 spiro atoms. The summed E-state index contributed by atoms with van der Waals surface area (Å²) in [6.07, 6.45) is 8.00. The van der Waals surface area contributed by atoms with Crippen LogP contribution in [0.3, 0.4) is 0 Å². The molecule has 1 fully saturated rings. The molecule has 5 heteroatoms. The van der Waals surface area contributed by atoms with Crippen LogP contribution in [0.15, 0.2) is 18.6 Å². The fourth-order valence-corrected chi connectivity index (χ4v) is 2.46. The first-order valence-corrected chi connectivity index (χ1v) is 6.75. The SMILES string of the molecule is OCC1CCCCN1CCCNc1ccncn1. The largest absolute Gasteiger partial charge is 0.395 e. The summed E-state index contributed by atoms with van der Waals surface area (Å²) in [6.45, 7) is 3.37. The Kier molecular flexibility index (Phi) is 5.36. The summed E-state index contributed by atoms with van der Waals surface area (Å²) in [6, 6.07) is 2.25. The molecule has 0 aromatic carbocycles. The smallest absolute Gasteiger partial charge is 0.129 e. The van der Waals surface area contributed by atoms with Crippen LogP contribution in [0.5, 0.6) is 0 Å². The third kappa shape index (κ3) is 3.92. The number of anilines is 1. The van der Waals surface area contributed by atoms with Crippen molar-refractivity contribution in [3.63, 3.8) is 0 Å². The lowest BCUT2D eigenvalue weighted by molar-refractivity contribution is 0.0901. The zero-order valence-electron chi connectivity index (χ0n) is 10.8. The molecule has 2 N–H and O–H groups in total. The maximum absolute atomic E-state index is 9.32. The summed E-state index contributed by atoms with van der Waals surface area (Å²) < 4.78 is 0. The maximum Gasteiger partial charge on any atom is 0.129 e. The van der Waals surface area contributed by atoms with Gasteiger partial charge in [-0.1, -0.05) is 6.42 Å². The van der Waals surface area contributed by atoms with E-state index in [2.05, 4.69) is 20.2 Å². The second kappa shape index (κ2) is 7.28. The summed E-state index contributed by atoms with van der Waals surface area (Å²) in [4.78, 5) is 10.4. The maximum atomic E-state index is 9.32. The first-order valence-electron chi connectivity index (χ1n) is 6.75. The van der Waals surface area contributed by atoms with Gasteiger partial charge in [0.1, 0.15) is 12.1 Å². The molecule has 100 valence electrons. The van der Waals surface area contributed by atoms with Crippen LogP contribution in [0, 0.1) is 0 Å². The Balaban J connectivity index is 1.65. The number of rotatable bonds is 6. The molecule has 2 rings (SSSR count). The molecule has 1 aliphatic rings. The fourth-order valence-electron chi connectivity index (χ4n) is 2.46. The summed E-state index contributed by atoms with van der Waals surface area (Å²) >= 11 is 0.